The first-order valence-electron chi connectivity index (χ1n) is 8.90. The molecule has 1 aromatic carbocycles. The van der Waals surface area contributed by atoms with Crippen molar-refractivity contribution in [2.45, 2.75) is 39.3 Å². The summed E-state index contributed by atoms with van der Waals surface area (Å²) in [7, 11) is 0. The number of hydrogen-bond donors (Lipinski definition) is 1. The Balaban J connectivity index is 1.78. The Bertz CT molecular complexity index is 1050. The number of hydrogen-bond acceptors (Lipinski definition) is 3. The number of likely N-dealkylation sites (tertiary alicyclic amines) is 1. The van der Waals surface area contributed by atoms with E-state index in [2.05, 4.69) is 9.97 Å². The van der Waals surface area contributed by atoms with Gasteiger partial charge in [0.05, 0.1) is 11.6 Å². The molecule has 1 fully saturated rings. The van der Waals surface area contributed by atoms with E-state index in [9.17, 15) is 9.59 Å². The van der Waals surface area contributed by atoms with Crippen molar-refractivity contribution < 1.29 is 4.79 Å². The van der Waals surface area contributed by atoms with Crippen LogP contribution in [-0.2, 0) is 4.79 Å². The molecule has 1 amide bonds. The van der Waals surface area contributed by atoms with Gasteiger partial charge in [-0.25, -0.2) is 4.98 Å². The summed E-state index contributed by atoms with van der Waals surface area (Å²) in [6.45, 7) is 6.71. The fourth-order valence-electron chi connectivity index (χ4n) is 3.71. The maximum Gasteiger partial charge on any atom is 0.259 e. The standard InChI is InChI=1S/C20H22N4O2/c1-12(2)24-11-15(10-18(24)25)23-7-6-21-19(23)16-9-14-8-13(3)4-5-17(14)22-20(16)26/h4-9,12,15H,10-11H2,1-3H3,(H,22,26). The van der Waals surface area contributed by atoms with Gasteiger partial charge in [-0.1, -0.05) is 11.6 Å². The molecule has 134 valence electrons. The minimum atomic E-state index is -0.168. The van der Waals surface area contributed by atoms with Crippen LogP contribution in [0.5, 0.6) is 0 Å². The van der Waals surface area contributed by atoms with Gasteiger partial charge in [-0.05, 0) is 44.4 Å². The number of aromatic amines is 1. The second-order valence-corrected chi connectivity index (χ2v) is 7.26. The summed E-state index contributed by atoms with van der Waals surface area (Å²) in [5.74, 6) is 0.755. The monoisotopic (exact) mass is 350 g/mol. The minimum Gasteiger partial charge on any atom is -0.338 e. The van der Waals surface area contributed by atoms with Crippen molar-refractivity contribution in [2.24, 2.45) is 0 Å². The fourth-order valence-corrected chi connectivity index (χ4v) is 3.71. The van der Waals surface area contributed by atoms with Crippen LogP contribution in [0.4, 0.5) is 0 Å². The van der Waals surface area contributed by atoms with Crippen LogP contribution < -0.4 is 5.56 Å². The number of nitrogens with one attached hydrogen (secondary N) is 1. The molecule has 0 bridgehead atoms. The van der Waals surface area contributed by atoms with Crippen molar-refractivity contribution in [1.82, 2.24) is 19.4 Å². The molecular formula is C20H22N4O2. The van der Waals surface area contributed by atoms with Crippen molar-refractivity contribution in [1.29, 1.82) is 0 Å². The third-order valence-electron chi connectivity index (χ3n) is 5.06. The van der Waals surface area contributed by atoms with Crippen molar-refractivity contribution in [3.05, 3.63) is 52.6 Å². The van der Waals surface area contributed by atoms with Gasteiger partial charge in [-0.2, -0.15) is 0 Å². The Labute approximate surface area is 151 Å². The Morgan fingerprint density at radius 3 is 2.77 bits per heavy atom. The van der Waals surface area contributed by atoms with Gasteiger partial charge in [0.1, 0.15) is 5.82 Å². The number of pyridine rings is 1. The van der Waals surface area contributed by atoms with Crippen molar-refractivity contribution in [3.63, 3.8) is 0 Å². The summed E-state index contributed by atoms with van der Waals surface area (Å²) in [4.78, 5) is 34.2. The first kappa shape index (κ1) is 16.6. The largest absolute Gasteiger partial charge is 0.338 e. The molecule has 6 heteroatoms. The number of amides is 1. The second kappa shape index (κ2) is 6.12. The van der Waals surface area contributed by atoms with Crippen LogP contribution in [0.15, 0.2) is 41.5 Å². The number of H-pyrrole nitrogens is 1. The number of benzene rings is 1. The van der Waals surface area contributed by atoms with E-state index in [4.69, 9.17) is 0 Å². The maximum atomic E-state index is 12.6. The zero-order chi connectivity index (χ0) is 18.4. The van der Waals surface area contributed by atoms with E-state index >= 15 is 0 Å². The van der Waals surface area contributed by atoms with Gasteiger partial charge >= 0.3 is 0 Å². The molecule has 1 aliphatic rings. The molecule has 0 spiro atoms. The van der Waals surface area contributed by atoms with Gasteiger partial charge in [0, 0.05) is 36.9 Å². The normalized spacial score (nSPS) is 17.6. The lowest BCUT2D eigenvalue weighted by Crippen LogP contribution is -2.32. The Hall–Kier alpha value is -2.89. The number of carbonyl (C=O) groups excluding carboxylic acids is 1. The summed E-state index contributed by atoms with van der Waals surface area (Å²) in [5, 5.41) is 0.973. The molecule has 0 radical (unpaired) electrons. The molecule has 6 nitrogen and oxygen atoms in total. The highest BCUT2D eigenvalue weighted by molar-refractivity contribution is 5.83. The number of carbonyl (C=O) groups is 1. The van der Waals surface area contributed by atoms with Gasteiger partial charge < -0.3 is 14.5 Å². The molecule has 4 rings (SSSR count). The minimum absolute atomic E-state index is 0.00462. The van der Waals surface area contributed by atoms with Gasteiger partial charge in [0.15, 0.2) is 0 Å². The topological polar surface area (TPSA) is 71.0 Å². The smallest absolute Gasteiger partial charge is 0.259 e. The lowest BCUT2D eigenvalue weighted by molar-refractivity contribution is -0.129. The first-order valence-corrected chi connectivity index (χ1v) is 8.90. The fraction of sp³-hybridized carbons (Fsp3) is 0.350. The van der Waals surface area contributed by atoms with E-state index in [0.717, 1.165) is 16.5 Å². The highest BCUT2D eigenvalue weighted by atomic mass is 16.2. The Morgan fingerprint density at radius 2 is 2.04 bits per heavy atom. The van der Waals surface area contributed by atoms with Crippen LogP contribution in [-0.4, -0.2) is 37.9 Å². The summed E-state index contributed by atoms with van der Waals surface area (Å²) in [5.41, 5.74) is 2.31. The molecule has 1 atom stereocenters. The average molecular weight is 350 g/mol. The Morgan fingerprint density at radius 1 is 1.23 bits per heavy atom. The number of rotatable bonds is 3. The Kier molecular flexibility index (Phi) is 3.90. The zero-order valence-electron chi connectivity index (χ0n) is 15.2. The molecule has 1 unspecified atom stereocenters. The third kappa shape index (κ3) is 2.71. The number of imidazole rings is 1. The van der Waals surface area contributed by atoms with Crippen molar-refractivity contribution >= 4 is 16.8 Å². The lowest BCUT2D eigenvalue weighted by atomic mass is 10.1. The highest BCUT2D eigenvalue weighted by Crippen LogP contribution is 2.29. The first-order chi connectivity index (χ1) is 12.4. The van der Waals surface area contributed by atoms with Crippen LogP contribution in [0, 0.1) is 6.92 Å². The van der Waals surface area contributed by atoms with E-state index in [1.54, 1.807) is 6.20 Å². The predicted molar refractivity (Wildman–Crippen MR) is 101 cm³/mol. The summed E-state index contributed by atoms with van der Waals surface area (Å²) < 4.78 is 1.96. The molecule has 1 N–H and O–H groups in total. The van der Waals surface area contributed by atoms with Crippen molar-refractivity contribution in [2.75, 3.05) is 6.54 Å². The van der Waals surface area contributed by atoms with Gasteiger partial charge in [0.2, 0.25) is 5.91 Å². The molecule has 26 heavy (non-hydrogen) atoms. The van der Waals surface area contributed by atoms with Gasteiger partial charge in [-0.15, -0.1) is 0 Å². The summed E-state index contributed by atoms with van der Waals surface area (Å²) in [6.07, 6.45) is 3.99. The number of aromatic nitrogens is 3. The highest BCUT2D eigenvalue weighted by Gasteiger charge is 2.33. The number of nitrogens with zero attached hydrogens (tertiary/aromatic N) is 3. The molecule has 1 aliphatic heterocycles. The van der Waals surface area contributed by atoms with E-state index in [1.807, 2.05) is 60.7 Å². The molecule has 2 aromatic heterocycles. The van der Waals surface area contributed by atoms with Crippen LogP contribution in [0.2, 0.25) is 0 Å². The van der Waals surface area contributed by atoms with Crippen LogP contribution >= 0.6 is 0 Å². The van der Waals surface area contributed by atoms with Crippen molar-refractivity contribution in [3.8, 4) is 11.4 Å². The van der Waals surface area contributed by atoms with Crippen LogP contribution in [0.1, 0.15) is 31.9 Å². The van der Waals surface area contributed by atoms with Crippen LogP contribution in [0.25, 0.3) is 22.3 Å². The average Bonchev–Trinajstić information content (AvgIpc) is 3.21. The van der Waals surface area contributed by atoms with Gasteiger partial charge in [-0.3, -0.25) is 9.59 Å². The molecule has 3 heterocycles. The number of fused-ring (bicyclic) bond motifs is 1. The molecular weight excluding hydrogens is 328 g/mol. The van der Waals surface area contributed by atoms with E-state index in [0.29, 0.717) is 24.4 Å². The summed E-state index contributed by atoms with van der Waals surface area (Å²) in [6, 6.07) is 7.99. The third-order valence-corrected chi connectivity index (χ3v) is 5.06. The number of aryl methyl sites for hydroxylation is 1. The quantitative estimate of drug-likeness (QED) is 0.789. The molecule has 0 aliphatic carbocycles. The van der Waals surface area contributed by atoms with E-state index in [1.165, 1.54) is 0 Å². The van der Waals surface area contributed by atoms with Gasteiger partial charge in [0.25, 0.3) is 5.56 Å². The SMILES string of the molecule is Cc1ccc2[nH]c(=O)c(-c3nccn3C3CC(=O)N(C(C)C)C3)cc2c1. The van der Waals surface area contributed by atoms with Crippen LogP contribution in [0.3, 0.4) is 0 Å². The second-order valence-electron chi connectivity index (χ2n) is 7.26. The lowest BCUT2D eigenvalue weighted by Gasteiger charge is -2.21. The zero-order valence-corrected chi connectivity index (χ0v) is 15.2. The maximum absolute atomic E-state index is 12.6. The molecule has 1 saturated heterocycles. The molecule has 3 aromatic rings. The predicted octanol–water partition coefficient (Wildman–Crippen LogP) is 2.88. The van der Waals surface area contributed by atoms with E-state index < -0.39 is 0 Å². The molecule has 0 saturated carbocycles. The van der Waals surface area contributed by atoms with E-state index in [-0.39, 0.29) is 23.6 Å². The summed E-state index contributed by atoms with van der Waals surface area (Å²) >= 11 is 0.